The van der Waals surface area contributed by atoms with Gasteiger partial charge in [-0.25, -0.2) is 0 Å². The van der Waals surface area contributed by atoms with E-state index in [9.17, 15) is 14.7 Å². The molecule has 0 bridgehead atoms. The average Bonchev–Trinajstić information content (AvgIpc) is 2.92. The van der Waals surface area contributed by atoms with Gasteiger partial charge < -0.3 is 9.84 Å². The molecule has 0 aromatic heterocycles. The van der Waals surface area contributed by atoms with Gasteiger partial charge in [-0.1, -0.05) is 32.4 Å². The molecule has 0 heterocycles. The molecular weight excluding hydrogens is 340 g/mol. The molecule has 0 radical (unpaired) electrons. The molecule has 3 saturated carbocycles. The molecule has 150 valence electrons. The minimum absolute atomic E-state index is 0.0472. The lowest BCUT2D eigenvalue weighted by atomic mass is 9.47. The van der Waals surface area contributed by atoms with E-state index in [4.69, 9.17) is 4.74 Å². The van der Waals surface area contributed by atoms with E-state index in [1.54, 1.807) is 0 Å². The first-order chi connectivity index (χ1) is 12.8. The summed E-state index contributed by atoms with van der Waals surface area (Å²) in [4.78, 5) is 24.4. The van der Waals surface area contributed by atoms with E-state index in [1.165, 1.54) is 5.57 Å². The molecular formula is C23H34O4. The van der Waals surface area contributed by atoms with Gasteiger partial charge in [0.1, 0.15) is 11.9 Å². The number of carbonyl (C=O) groups excluding carboxylic acids is 2. The van der Waals surface area contributed by atoms with Gasteiger partial charge in [-0.15, -0.1) is 0 Å². The maximum absolute atomic E-state index is 12.5. The molecule has 3 fully saturated rings. The molecule has 7 atom stereocenters. The molecule has 1 N–H and O–H groups in total. The Morgan fingerprint density at radius 2 is 1.89 bits per heavy atom. The Morgan fingerprint density at radius 1 is 1.19 bits per heavy atom. The van der Waals surface area contributed by atoms with Crippen LogP contribution in [0.2, 0.25) is 0 Å². The highest BCUT2D eigenvalue weighted by atomic mass is 16.5. The second kappa shape index (κ2) is 6.72. The third kappa shape index (κ3) is 2.90. The van der Waals surface area contributed by atoms with Gasteiger partial charge in [0, 0.05) is 24.7 Å². The Balaban J connectivity index is 1.57. The maximum atomic E-state index is 12.5. The fourth-order valence-corrected chi connectivity index (χ4v) is 6.94. The quantitative estimate of drug-likeness (QED) is 0.594. The number of aliphatic hydroxyl groups is 1. The number of ether oxygens (including phenoxy) is 1. The topological polar surface area (TPSA) is 63.6 Å². The summed E-state index contributed by atoms with van der Waals surface area (Å²) in [6.07, 6.45) is 9.11. The highest BCUT2D eigenvalue weighted by Gasteiger charge is 2.60. The molecule has 0 spiro atoms. The molecule has 4 heteroatoms. The van der Waals surface area contributed by atoms with Crippen molar-refractivity contribution in [1.29, 1.82) is 0 Å². The average molecular weight is 375 g/mol. The molecule has 4 aliphatic rings. The monoisotopic (exact) mass is 374 g/mol. The van der Waals surface area contributed by atoms with Crippen LogP contribution in [0.4, 0.5) is 0 Å². The van der Waals surface area contributed by atoms with Crippen molar-refractivity contribution >= 4 is 11.8 Å². The number of rotatable bonds is 3. The second-order valence-electron chi connectivity index (χ2n) is 9.91. The zero-order valence-corrected chi connectivity index (χ0v) is 17.0. The zero-order valence-electron chi connectivity index (χ0n) is 17.0. The van der Waals surface area contributed by atoms with E-state index in [2.05, 4.69) is 19.9 Å². The predicted octanol–water partition coefficient (Wildman–Crippen LogP) is 4.20. The van der Waals surface area contributed by atoms with Crippen molar-refractivity contribution in [3.05, 3.63) is 11.6 Å². The number of hydrogen-bond donors (Lipinski definition) is 1. The number of hydrogen-bond acceptors (Lipinski definition) is 4. The van der Waals surface area contributed by atoms with Crippen LogP contribution in [0.5, 0.6) is 0 Å². The Morgan fingerprint density at radius 3 is 2.63 bits per heavy atom. The molecule has 4 rings (SSSR count). The fraction of sp³-hybridized carbons (Fsp3) is 0.826. The largest absolute Gasteiger partial charge is 0.462 e. The zero-order chi connectivity index (χ0) is 19.4. The highest BCUT2D eigenvalue weighted by Crippen LogP contribution is 2.64. The molecule has 0 aromatic carbocycles. The maximum Gasteiger partial charge on any atom is 0.306 e. The summed E-state index contributed by atoms with van der Waals surface area (Å²) in [5.41, 5.74) is 1.13. The lowest BCUT2D eigenvalue weighted by Gasteiger charge is -2.58. The number of fused-ring (bicyclic) bond motifs is 5. The van der Waals surface area contributed by atoms with Crippen molar-refractivity contribution < 1.29 is 19.4 Å². The smallest absolute Gasteiger partial charge is 0.306 e. The van der Waals surface area contributed by atoms with Gasteiger partial charge in [-0.2, -0.15) is 0 Å². The minimum Gasteiger partial charge on any atom is -0.462 e. The van der Waals surface area contributed by atoms with Crippen LogP contribution in [0.1, 0.15) is 78.6 Å². The summed E-state index contributed by atoms with van der Waals surface area (Å²) >= 11 is 0. The number of Topliss-reactive ketones (excluding diaryl/α,β-unsaturated/α-hetero) is 1. The van der Waals surface area contributed by atoms with Crippen LogP contribution in [0.25, 0.3) is 0 Å². The Labute approximate surface area is 162 Å². The molecule has 27 heavy (non-hydrogen) atoms. The van der Waals surface area contributed by atoms with Gasteiger partial charge in [0.25, 0.3) is 0 Å². The van der Waals surface area contributed by atoms with Crippen LogP contribution < -0.4 is 0 Å². The van der Waals surface area contributed by atoms with E-state index >= 15 is 0 Å². The van der Waals surface area contributed by atoms with E-state index in [0.717, 1.165) is 44.9 Å². The summed E-state index contributed by atoms with van der Waals surface area (Å²) in [5.74, 6) is 1.25. The predicted molar refractivity (Wildman–Crippen MR) is 103 cm³/mol. The fourth-order valence-electron chi connectivity index (χ4n) is 6.94. The summed E-state index contributed by atoms with van der Waals surface area (Å²) in [7, 11) is 0. The minimum atomic E-state index is -0.473. The van der Waals surface area contributed by atoms with E-state index in [0.29, 0.717) is 30.5 Å². The lowest BCUT2D eigenvalue weighted by molar-refractivity contribution is -0.152. The van der Waals surface area contributed by atoms with Crippen LogP contribution >= 0.6 is 0 Å². The molecule has 0 amide bonds. The second-order valence-corrected chi connectivity index (χ2v) is 9.91. The van der Waals surface area contributed by atoms with Crippen LogP contribution in [0, 0.1) is 28.6 Å². The summed E-state index contributed by atoms with van der Waals surface area (Å²) in [6.45, 7) is 6.48. The van der Waals surface area contributed by atoms with Crippen LogP contribution in [-0.2, 0) is 14.3 Å². The van der Waals surface area contributed by atoms with Gasteiger partial charge in [0.2, 0.25) is 0 Å². The Hall–Kier alpha value is -1.16. The van der Waals surface area contributed by atoms with Crippen molar-refractivity contribution in [3.8, 4) is 0 Å². The van der Waals surface area contributed by atoms with Gasteiger partial charge in [-0.05, 0) is 61.7 Å². The Bertz CT molecular complexity index is 667. The van der Waals surface area contributed by atoms with E-state index in [-0.39, 0.29) is 28.8 Å². The van der Waals surface area contributed by atoms with Crippen molar-refractivity contribution in [2.45, 2.75) is 90.8 Å². The van der Waals surface area contributed by atoms with Crippen molar-refractivity contribution in [3.63, 3.8) is 0 Å². The SMILES string of the molecule is CCCC(=O)O[C@H]1CC[C@@]2(C)C(=C[C@@H](O)C3C2CC[C@]2(C)C(=O)CCC32)C1. The first-order valence-corrected chi connectivity index (χ1v) is 10.9. The van der Waals surface area contributed by atoms with Gasteiger partial charge in [0.15, 0.2) is 0 Å². The highest BCUT2D eigenvalue weighted by molar-refractivity contribution is 5.87. The lowest BCUT2D eigenvalue weighted by Crippen LogP contribution is -2.54. The molecule has 0 aromatic rings. The van der Waals surface area contributed by atoms with Crippen LogP contribution in [-0.4, -0.2) is 29.1 Å². The van der Waals surface area contributed by atoms with Gasteiger partial charge >= 0.3 is 5.97 Å². The first kappa shape index (κ1) is 19.2. The molecule has 3 unspecified atom stereocenters. The van der Waals surface area contributed by atoms with E-state index < -0.39 is 6.10 Å². The molecule has 4 nitrogen and oxygen atoms in total. The van der Waals surface area contributed by atoms with E-state index in [1.807, 2.05) is 6.92 Å². The van der Waals surface area contributed by atoms with Crippen LogP contribution in [0.3, 0.4) is 0 Å². The van der Waals surface area contributed by atoms with Crippen LogP contribution in [0.15, 0.2) is 11.6 Å². The van der Waals surface area contributed by atoms with Gasteiger partial charge in [-0.3, -0.25) is 9.59 Å². The standard InChI is InChI=1S/C23H34O4/c1-4-5-20(26)27-15-8-10-22(2)14(12-15)13-18(24)21-16-6-7-19(25)23(16,3)11-9-17(21)22/h13,15-18,21,24H,4-12H2,1-3H3/t15-,16?,17?,18+,21?,22-,23-/m0/s1. The molecule has 4 aliphatic carbocycles. The summed E-state index contributed by atoms with van der Waals surface area (Å²) in [5, 5.41) is 11.1. The van der Waals surface area contributed by atoms with Crippen molar-refractivity contribution in [2.75, 3.05) is 0 Å². The third-order valence-electron chi connectivity index (χ3n) is 8.55. The summed E-state index contributed by atoms with van der Waals surface area (Å²) in [6, 6.07) is 0. The third-order valence-corrected chi connectivity index (χ3v) is 8.55. The summed E-state index contributed by atoms with van der Waals surface area (Å²) < 4.78 is 5.69. The molecule has 0 saturated heterocycles. The van der Waals surface area contributed by atoms with Crippen molar-refractivity contribution in [1.82, 2.24) is 0 Å². The molecule has 0 aliphatic heterocycles. The van der Waals surface area contributed by atoms with Gasteiger partial charge in [0.05, 0.1) is 6.10 Å². The van der Waals surface area contributed by atoms with Crippen molar-refractivity contribution in [2.24, 2.45) is 28.6 Å². The Kier molecular flexibility index (Phi) is 4.77. The normalized spacial score (nSPS) is 46.1. The number of ketones is 1. The number of aliphatic hydroxyl groups excluding tert-OH is 1. The number of esters is 1. The first-order valence-electron chi connectivity index (χ1n) is 10.9. The number of carbonyl (C=O) groups is 2.